The van der Waals surface area contributed by atoms with Crippen molar-refractivity contribution in [2.75, 3.05) is 18.4 Å². The zero-order chi connectivity index (χ0) is 16.1. The maximum atomic E-state index is 12.2. The number of hydrogen-bond acceptors (Lipinski definition) is 3. The van der Waals surface area contributed by atoms with Crippen molar-refractivity contribution in [3.05, 3.63) is 64.7 Å². The SMILES string of the molecule is O=C(CCc1ccc(Cl)cc1)Nc1ccccc1C1=NCCN1. The summed E-state index contributed by atoms with van der Waals surface area (Å²) in [5.74, 6) is 0.838. The Morgan fingerprint density at radius 3 is 2.70 bits per heavy atom. The lowest BCUT2D eigenvalue weighted by molar-refractivity contribution is -0.116. The number of hydrogen-bond donors (Lipinski definition) is 2. The summed E-state index contributed by atoms with van der Waals surface area (Å²) >= 11 is 5.86. The van der Waals surface area contributed by atoms with E-state index in [9.17, 15) is 4.79 Å². The van der Waals surface area contributed by atoms with E-state index in [4.69, 9.17) is 11.6 Å². The number of aryl methyl sites for hydroxylation is 1. The monoisotopic (exact) mass is 327 g/mol. The number of amides is 1. The highest BCUT2D eigenvalue weighted by Crippen LogP contribution is 2.17. The third-order valence-corrected chi connectivity index (χ3v) is 3.94. The molecule has 2 aromatic carbocycles. The first-order valence-electron chi connectivity index (χ1n) is 7.64. The molecule has 0 unspecified atom stereocenters. The summed E-state index contributed by atoms with van der Waals surface area (Å²) in [5, 5.41) is 6.92. The molecule has 0 aliphatic carbocycles. The second-order valence-corrected chi connectivity index (χ2v) is 5.81. The highest BCUT2D eigenvalue weighted by atomic mass is 35.5. The first kappa shape index (κ1) is 15.6. The van der Waals surface area contributed by atoms with Crippen LogP contribution in [-0.4, -0.2) is 24.8 Å². The van der Waals surface area contributed by atoms with E-state index in [0.717, 1.165) is 35.7 Å². The lowest BCUT2D eigenvalue weighted by Gasteiger charge is -2.11. The average molecular weight is 328 g/mol. The van der Waals surface area contributed by atoms with Crippen molar-refractivity contribution in [3.63, 3.8) is 0 Å². The van der Waals surface area contributed by atoms with Crippen LogP contribution in [0.15, 0.2) is 53.5 Å². The molecule has 0 spiro atoms. The topological polar surface area (TPSA) is 53.5 Å². The Balaban J connectivity index is 1.63. The maximum Gasteiger partial charge on any atom is 0.224 e. The van der Waals surface area contributed by atoms with Gasteiger partial charge in [0.2, 0.25) is 5.91 Å². The third-order valence-electron chi connectivity index (χ3n) is 3.68. The fourth-order valence-electron chi connectivity index (χ4n) is 2.50. The van der Waals surface area contributed by atoms with Crippen molar-refractivity contribution < 1.29 is 4.79 Å². The number of carbonyl (C=O) groups is 1. The molecule has 1 aliphatic rings. The molecule has 2 aromatic rings. The summed E-state index contributed by atoms with van der Waals surface area (Å²) in [4.78, 5) is 16.6. The molecule has 1 aliphatic heterocycles. The first-order valence-corrected chi connectivity index (χ1v) is 8.02. The number of rotatable bonds is 5. The fourth-order valence-corrected chi connectivity index (χ4v) is 2.62. The van der Waals surface area contributed by atoms with Gasteiger partial charge in [0, 0.05) is 23.6 Å². The molecule has 2 N–H and O–H groups in total. The van der Waals surface area contributed by atoms with Gasteiger partial charge in [-0.2, -0.15) is 0 Å². The summed E-state index contributed by atoms with van der Waals surface area (Å²) in [6.45, 7) is 1.61. The van der Waals surface area contributed by atoms with Gasteiger partial charge in [0.25, 0.3) is 0 Å². The van der Waals surface area contributed by atoms with Gasteiger partial charge in [-0.15, -0.1) is 0 Å². The molecule has 4 nitrogen and oxygen atoms in total. The molecule has 3 rings (SSSR count). The number of para-hydroxylation sites is 1. The molecule has 0 saturated carbocycles. The van der Waals surface area contributed by atoms with Gasteiger partial charge in [0.1, 0.15) is 5.84 Å². The van der Waals surface area contributed by atoms with Gasteiger partial charge >= 0.3 is 0 Å². The Labute approximate surface area is 140 Å². The second kappa shape index (κ2) is 7.29. The van der Waals surface area contributed by atoms with E-state index in [0.29, 0.717) is 17.9 Å². The highest BCUT2D eigenvalue weighted by molar-refractivity contribution is 6.30. The Morgan fingerprint density at radius 1 is 1.17 bits per heavy atom. The largest absolute Gasteiger partial charge is 0.368 e. The van der Waals surface area contributed by atoms with Gasteiger partial charge in [-0.1, -0.05) is 35.9 Å². The van der Waals surface area contributed by atoms with E-state index in [-0.39, 0.29) is 5.91 Å². The van der Waals surface area contributed by atoms with Gasteiger partial charge < -0.3 is 10.6 Å². The molecule has 118 valence electrons. The molecule has 5 heteroatoms. The van der Waals surface area contributed by atoms with Gasteiger partial charge in [-0.25, -0.2) is 0 Å². The van der Waals surface area contributed by atoms with E-state index >= 15 is 0 Å². The quantitative estimate of drug-likeness (QED) is 0.885. The number of carbonyl (C=O) groups excluding carboxylic acids is 1. The summed E-state index contributed by atoms with van der Waals surface area (Å²) in [5.41, 5.74) is 2.83. The van der Waals surface area contributed by atoms with Crippen molar-refractivity contribution in [3.8, 4) is 0 Å². The van der Waals surface area contributed by atoms with Crippen molar-refractivity contribution in [1.82, 2.24) is 5.32 Å². The highest BCUT2D eigenvalue weighted by Gasteiger charge is 2.13. The second-order valence-electron chi connectivity index (χ2n) is 5.38. The van der Waals surface area contributed by atoms with Gasteiger partial charge in [0.05, 0.1) is 12.2 Å². The fraction of sp³-hybridized carbons (Fsp3) is 0.222. The Bertz CT molecular complexity index is 725. The van der Waals surface area contributed by atoms with Gasteiger partial charge in [0.15, 0.2) is 0 Å². The zero-order valence-corrected chi connectivity index (χ0v) is 13.4. The van der Waals surface area contributed by atoms with Crippen LogP contribution in [0.2, 0.25) is 5.02 Å². The normalized spacial score (nSPS) is 13.3. The summed E-state index contributed by atoms with van der Waals surface area (Å²) in [6, 6.07) is 15.3. The van der Waals surface area contributed by atoms with Gasteiger partial charge in [-0.3, -0.25) is 9.79 Å². The predicted octanol–water partition coefficient (Wildman–Crippen LogP) is 3.26. The van der Waals surface area contributed by atoms with Gasteiger partial charge in [-0.05, 0) is 36.2 Å². The molecule has 0 fully saturated rings. The molecule has 0 bridgehead atoms. The molecule has 0 atom stereocenters. The summed E-state index contributed by atoms with van der Waals surface area (Å²) in [7, 11) is 0. The molecular formula is C18H18ClN3O. The lowest BCUT2D eigenvalue weighted by Crippen LogP contribution is -2.22. The molecule has 0 aromatic heterocycles. The number of nitrogens with zero attached hydrogens (tertiary/aromatic N) is 1. The number of aliphatic imine (C=N–C) groups is 1. The number of amidine groups is 1. The van der Waals surface area contributed by atoms with E-state index in [1.54, 1.807) is 0 Å². The first-order chi connectivity index (χ1) is 11.2. The minimum atomic E-state index is -0.00834. The summed E-state index contributed by atoms with van der Waals surface area (Å²) in [6.07, 6.45) is 1.11. The average Bonchev–Trinajstić information content (AvgIpc) is 3.09. The molecule has 1 amide bonds. The number of halogens is 1. The van der Waals surface area contributed by atoms with Crippen molar-refractivity contribution in [2.45, 2.75) is 12.8 Å². The van der Waals surface area contributed by atoms with Crippen LogP contribution in [0.1, 0.15) is 17.5 Å². The Kier molecular flexibility index (Phi) is 4.93. The summed E-state index contributed by atoms with van der Waals surface area (Å²) < 4.78 is 0. The van der Waals surface area contributed by atoms with Crippen LogP contribution in [0.4, 0.5) is 5.69 Å². The number of anilines is 1. The standard InChI is InChI=1S/C18H18ClN3O/c19-14-8-5-13(6-9-14)7-10-17(23)22-16-4-2-1-3-15(16)18-20-11-12-21-18/h1-6,8-9H,7,10-12H2,(H,20,21)(H,22,23). The van der Waals surface area contributed by atoms with E-state index < -0.39 is 0 Å². The van der Waals surface area contributed by atoms with Crippen LogP contribution in [0.3, 0.4) is 0 Å². The molecule has 0 saturated heterocycles. The minimum Gasteiger partial charge on any atom is -0.368 e. The predicted molar refractivity (Wildman–Crippen MR) is 94.3 cm³/mol. The zero-order valence-electron chi connectivity index (χ0n) is 12.7. The van der Waals surface area contributed by atoms with Crippen LogP contribution in [0.25, 0.3) is 0 Å². The van der Waals surface area contributed by atoms with Crippen molar-refractivity contribution in [1.29, 1.82) is 0 Å². The molecule has 1 heterocycles. The van der Waals surface area contributed by atoms with Crippen LogP contribution in [-0.2, 0) is 11.2 Å². The van der Waals surface area contributed by atoms with Crippen LogP contribution in [0, 0.1) is 0 Å². The Morgan fingerprint density at radius 2 is 1.96 bits per heavy atom. The number of benzene rings is 2. The minimum absolute atomic E-state index is 0.00834. The van der Waals surface area contributed by atoms with Crippen molar-refractivity contribution in [2.24, 2.45) is 4.99 Å². The maximum absolute atomic E-state index is 12.2. The third kappa shape index (κ3) is 4.11. The van der Waals surface area contributed by atoms with Crippen LogP contribution >= 0.6 is 11.6 Å². The molecular weight excluding hydrogens is 310 g/mol. The van der Waals surface area contributed by atoms with E-state index in [2.05, 4.69) is 15.6 Å². The number of nitrogens with one attached hydrogen (secondary N) is 2. The van der Waals surface area contributed by atoms with E-state index in [1.165, 1.54) is 0 Å². The van der Waals surface area contributed by atoms with Crippen molar-refractivity contribution >= 4 is 29.0 Å². The molecule has 23 heavy (non-hydrogen) atoms. The molecule has 0 radical (unpaired) electrons. The lowest BCUT2D eigenvalue weighted by atomic mass is 10.1. The van der Waals surface area contributed by atoms with Crippen LogP contribution in [0.5, 0.6) is 0 Å². The Hall–Kier alpha value is -2.33. The van der Waals surface area contributed by atoms with E-state index in [1.807, 2.05) is 48.5 Å². The van der Waals surface area contributed by atoms with Crippen LogP contribution < -0.4 is 10.6 Å². The smallest absolute Gasteiger partial charge is 0.224 e.